The third-order valence-corrected chi connectivity index (χ3v) is 4.39. The molecule has 0 bridgehead atoms. The molecule has 7 nitrogen and oxygen atoms in total. The fourth-order valence-electron chi connectivity index (χ4n) is 3.07. The number of nitrogens with one attached hydrogen (secondary N) is 1. The minimum atomic E-state index is -0.0648. The van der Waals surface area contributed by atoms with Gasteiger partial charge in [0.25, 0.3) is 0 Å². The van der Waals surface area contributed by atoms with Crippen molar-refractivity contribution in [2.75, 3.05) is 18.4 Å². The predicted molar refractivity (Wildman–Crippen MR) is 90.8 cm³/mol. The molecule has 24 heavy (non-hydrogen) atoms. The third kappa shape index (κ3) is 4.03. The van der Waals surface area contributed by atoms with Crippen molar-refractivity contribution in [1.82, 2.24) is 19.8 Å². The number of likely N-dealkylation sites (tertiary alicyclic amines) is 1. The molecule has 2 aromatic rings. The Hall–Kier alpha value is -2.15. The minimum Gasteiger partial charge on any atom is -0.338 e. The summed E-state index contributed by atoms with van der Waals surface area (Å²) >= 11 is 0. The van der Waals surface area contributed by atoms with E-state index in [-0.39, 0.29) is 11.8 Å². The Balaban J connectivity index is 1.54. The van der Waals surface area contributed by atoms with E-state index < -0.39 is 0 Å². The van der Waals surface area contributed by atoms with Crippen molar-refractivity contribution in [1.29, 1.82) is 0 Å². The summed E-state index contributed by atoms with van der Waals surface area (Å²) in [5.41, 5.74) is 2.00. The van der Waals surface area contributed by atoms with Gasteiger partial charge in [-0.25, -0.2) is 0 Å². The van der Waals surface area contributed by atoms with E-state index in [0.29, 0.717) is 18.5 Å². The summed E-state index contributed by atoms with van der Waals surface area (Å²) in [7, 11) is 0. The molecule has 1 aliphatic heterocycles. The molecule has 1 amide bonds. The molecule has 3 rings (SSSR count). The van der Waals surface area contributed by atoms with E-state index in [1.807, 2.05) is 37.8 Å². The molecule has 0 spiro atoms. The fraction of sp³-hybridized carbons (Fsp3) is 0.588. The molecule has 7 heteroatoms. The van der Waals surface area contributed by atoms with Crippen molar-refractivity contribution >= 4 is 11.8 Å². The maximum absolute atomic E-state index is 12.3. The van der Waals surface area contributed by atoms with Crippen molar-refractivity contribution in [3.05, 3.63) is 29.7 Å². The highest BCUT2D eigenvalue weighted by molar-refractivity contribution is 5.91. The van der Waals surface area contributed by atoms with E-state index in [0.717, 1.165) is 37.2 Å². The molecule has 1 saturated heterocycles. The smallest absolute Gasteiger partial charge is 0.240 e. The van der Waals surface area contributed by atoms with Crippen molar-refractivity contribution in [2.45, 2.75) is 52.1 Å². The predicted octanol–water partition coefficient (Wildman–Crippen LogP) is 2.41. The molecule has 0 aliphatic carbocycles. The van der Waals surface area contributed by atoms with Gasteiger partial charge in [0, 0.05) is 18.3 Å². The van der Waals surface area contributed by atoms with Crippen LogP contribution in [0.15, 0.2) is 23.0 Å². The minimum absolute atomic E-state index is 0.0648. The maximum atomic E-state index is 12.3. The molecule has 1 atom stereocenters. The number of carbonyl (C=O) groups is 1. The summed E-state index contributed by atoms with van der Waals surface area (Å²) in [4.78, 5) is 14.5. The van der Waals surface area contributed by atoms with E-state index in [4.69, 9.17) is 4.52 Å². The summed E-state index contributed by atoms with van der Waals surface area (Å²) in [5.74, 6) is 0.632. The van der Waals surface area contributed by atoms with Crippen molar-refractivity contribution < 1.29 is 9.32 Å². The molecule has 1 unspecified atom stereocenters. The number of hydrogen-bond acceptors (Lipinski definition) is 5. The molecule has 1 fully saturated rings. The molecular formula is C17H25N5O2. The number of aryl methyl sites for hydroxylation is 1. The van der Waals surface area contributed by atoms with Crippen LogP contribution >= 0.6 is 0 Å². The topological polar surface area (TPSA) is 76.2 Å². The first-order valence-corrected chi connectivity index (χ1v) is 8.51. The van der Waals surface area contributed by atoms with Gasteiger partial charge in [-0.3, -0.25) is 19.7 Å². The van der Waals surface area contributed by atoms with Gasteiger partial charge < -0.3 is 4.52 Å². The standard InChI is InChI=1S/C17H25N5O2/c1-12(2)15-7-17(24-20-15)19-16(23)11-21-6-4-5-14(21)10-22-9-13(3)8-18-22/h7-9,12,14H,4-6,10-11H2,1-3H3,(H,19,23). The van der Waals surface area contributed by atoms with Gasteiger partial charge >= 0.3 is 0 Å². The number of rotatable bonds is 6. The first-order chi connectivity index (χ1) is 11.5. The molecule has 0 radical (unpaired) electrons. The number of anilines is 1. The Kier molecular flexibility index (Phi) is 4.99. The zero-order chi connectivity index (χ0) is 17.1. The highest BCUT2D eigenvalue weighted by atomic mass is 16.5. The zero-order valence-electron chi connectivity index (χ0n) is 14.5. The van der Waals surface area contributed by atoms with Crippen LogP contribution in [0, 0.1) is 6.92 Å². The largest absolute Gasteiger partial charge is 0.338 e. The lowest BCUT2D eigenvalue weighted by Crippen LogP contribution is -2.39. The van der Waals surface area contributed by atoms with E-state index >= 15 is 0 Å². The van der Waals surface area contributed by atoms with Gasteiger partial charge in [-0.1, -0.05) is 19.0 Å². The summed E-state index contributed by atoms with van der Waals surface area (Å²) in [5, 5.41) is 11.1. The Morgan fingerprint density at radius 1 is 1.50 bits per heavy atom. The maximum Gasteiger partial charge on any atom is 0.240 e. The van der Waals surface area contributed by atoms with Crippen LogP contribution in [-0.2, 0) is 11.3 Å². The van der Waals surface area contributed by atoms with Gasteiger partial charge in [0.1, 0.15) is 0 Å². The first-order valence-electron chi connectivity index (χ1n) is 8.51. The Bertz CT molecular complexity index is 691. The van der Waals surface area contributed by atoms with Crippen LogP contribution in [0.25, 0.3) is 0 Å². The van der Waals surface area contributed by atoms with E-state index in [9.17, 15) is 4.79 Å². The highest BCUT2D eigenvalue weighted by Crippen LogP contribution is 2.20. The van der Waals surface area contributed by atoms with Crippen LogP contribution in [0.5, 0.6) is 0 Å². The summed E-state index contributed by atoms with van der Waals surface area (Å²) in [6.45, 7) is 8.23. The third-order valence-electron chi connectivity index (χ3n) is 4.39. The zero-order valence-corrected chi connectivity index (χ0v) is 14.5. The molecule has 1 N–H and O–H groups in total. The second kappa shape index (κ2) is 7.17. The van der Waals surface area contributed by atoms with Crippen molar-refractivity contribution in [2.24, 2.45) is 0 Å². The number of amides is 1. The first kappa shape index (κ1) is 16.7. The normalized spacial score (nSPS) is 18.4. The van der Waals surface area contributed by atoms with Gasteiger partial charge in [-0.05, 0) is 37.8 Å². The Morgan fingerprint density at radius 3 is 3.00 bits per heavy atom. The van der Waals surface area contributed by atoms with Crippen LogP contribution < -0.4 is 5.32 Å². The second-order valence-corrected chi connectivity index (χ2v) is 6.83. The number of carbonyl (C=O) groups excluding carboxylic acids is 1. The fourth-order valence-corrected chi connectivity index (χ4v) is 3.07. The quantitative estimate of drug-likeness (QED) is 0.879. The Morgan fingerprint density at radius 2 is 2.33 bits per heavy atom. The number of nitrogens with zero attached hydrogens (tertiary/aromatic N) is 4. The van der Waals surface area contributed by atoms with Gasteiger partial charge in [-0.15, -0.1) is 0 Å². The lowest BCUT2D eigenvalue weighted by molar-refractivity contribution is -0.117. The SMILES string of the molecule is Cc1cnn(CC2CCCN2CC(=O)Nc2cc(C(C)C)no2)c1. The van der Waals surface area contributed by atoms with E-state index in [2.05, 4.69) is 20.5 Å². The summed E-state index contributed by atoms with van der Waals surface area (Å²) < 4.78 is 7.13. The van der Waals surface area contributed by atoms with E-state index in [1.54, 1.807) is 6.07 Å². The number of aromatic nitrogens is 3. The molecule has 130 valence electrons. The Labute approximate surface area is 142 Å². The van der Waals surface area contributed by atoms with Gasteiger partial charge in [0.05, 0.1) is 25.0 Å². The van der Waals surface area contributed by atoms with Crippen LogP contribution in [0.3, 0.4) is 0 Å². The van der Waals surface area contributed by atoms with Gasteiger partial charge in [0.2, 0.25) is 11.8 Å². The second-order valence-electron chi connectivity index (χ2n) is 6.83. The van der Waals surface area contributed by atoms with Crippen molar-refractivity contribution in [3.8, 4) is 0 Å². The molecule has 0 aromatic carbocycles. The monoisotopic (exact) mass is 331 g/mol. The molecular weight excluding hydrogens is 306 g/mol. The van der Waals surface area contributed by atoms with Gasteiger partial charge in [0.15, 0.2) is 0 Å². The molecule has 2 aromatic heterocycles. The molecule has 3 heterocycles. The molecule has 1 aliphatic rings. The highest BCUT2D eigenvalue weighted by Gasteiger charge is 2.27. The van der Waals surface area contributed by atoms with E-state index in [1.165, 1.54) is 0 Å². The lowest BCUT2D eigenvalue weighted by atomic mass is 10.1. The van der Waals surface area contributed by atoms with Gasteiger partial charge in [-0.2, -0.15) is 5.10 Å². The van der Waals surface area contributed by atoms with Crippen molar-refractivity contribution in [3.63, 3.8) is 0 Å². The average Bonchev–Trinajstić information content (AvgIpc) is 3.23. The average molecular weight is 331 g/mol. The van der Waals surface area contributed by atoms with Crippen LogP contribution in [-0.4, -0.2) is 44.9 Å². The summed E-state index contributed by atoms with van der Waals surface area (Å²) in [6, 6.07) is 2.13. The summed E-state index contributed by atoms with van der Waals surface area (Å²) in [6.07, 6.45) is 6.10. The van der Waals surface area contributed by atoms with Crippen LogP contribution in [0.2, 0.25) is 0 Å². The number of hydrogen-bond donors (Lipinski definition) is 1. The van der Waals surface area contributed by atoms with Crippen LogP contribution in [0.4, 0.5) is 5.88 Å². The molecule has 0 saturated carbocycles. The van der Waals surface area contributed by atoms with Crippen LogP contribution in [0.1, 0.15) is 43.9 Å². The lowest BCUT2D eigenvalue weighted by Gasteiger charge is -2.23.